The first-order valence-electron chi connectivity index (χ1n) is 9.40. The Kier molecular flexibility index (Phi) is 4.05. The fourth-order valence-corrected chi connectivity index (χ4v) is 3.80. The van der Waals surface area contributed by atoms with Crippen LogP contribution in [0.25, 0.3) is 22.3 Å². The second kappa shape index (κ2) is 6.83. The Balaban J connectivity index is 1.50. The van der Waals surface area contributed by atoms with E-state index in [1.54, 1.807) is 6.33 Å². The first kappa shape index (κ1) is 16.0. The molecular weight excluding hydrogens is 336 g/mol. The van der Waals surface area contributed by atoms with Gasteiger partial charge in [0.25, 0.3) is 0 Å². The molecule has 4 aromatic rings. The lowest BCUT2D eigenvalue weighted by molar-refractivity contribution is 0.479. The summed E-state index contributed by atoms with van der Waals surface area (Å²) in [5.41, 5.74) is 2.91. The number of rotatable bonds is 4. The summed E-state index contributed by atoms with van der Waals surface area (Å²) in [6, 6.07) is 18.3. The molecule has 0 amide bonds. The average Bonchev–Trinajstić information content (AvgIpc) is 3.37. The van der Waals surface area contributed by atoms with Gasteiger partial charge in [0.2, 0.25) is 0 Å². The second-order valence-corrected chi connectivity index (χ2v) is 6.93. The maximum atomic E-state index is 5.89. The van der Waals surface area contributed by atoms with Gasteiger partial charge in [-0.3, -0.25) is 0 Å². The van der Waals surface area contributed by atoms with Gasteiger partial charge in [-0.15, -0.1) is 0 Å². The summed E-state index contributed by atoms with van der Waals surface area (Å²) < 4.78 is 8.00. The van der Waals surface area contributed by atoms with Crippen molar-refractivity contribution in [2.45, 2.75) is 31.7 Å². The Labute approximate surface area is 157 Å². The quantitative estimate of drug-likeness (QED) is 0.491. The summed E-state index contributed by atoms with van der Waals surface area (Å²) in [5, 5.41) is 5.93. The number of aromatic nitrogens is 4. The van der Waals surface area contributed by atoms with Crippen LogP contribution in [0.1, 0.15) is 31.7 Å². The minimum Gasteiger partial charge on any atom is -0.457 e. The normalized spacial score (nSPS) is 14.7. The molecule has 0 unspecified atom stereocenters. The first-order valence-corrected chi connectivity index (χ1v) is 9.40. The molecule has 27 heavy (non-hydrogen) atoms. The molecule has 2 aromatic heterocycles. The van der Waals surface area contributed by atoms with Crippen LogP contribution >= 0.6 is 0 Å². The minimum atomic E-state index is 0.442. The fraction of sp³-hybridized carbons (Fsp3) is 0.227. The van der Waals surface area contributed by atoms with E-state index in [2.05, 4.69) is 14.6 Å². The van der Waals surface area contributed by atoms with E-state index in [1.807, 2.05) is 60.8 Å². The van der Waals surface area contributed by atoms with Crippen molar-refractivity contribution in [1.29, 1.82) is 0 Å². The van der Waals surface area contributed by atoms with E-state index < -0.39 is 0 Å². The minimum absolute atomic E-state index is 0.442. The molecule has 1 fully saturated rings. The molecule has 5 rings (SSSR count). The standard InChI is InChI=1S/C22H20N4O/c1-2-8-18(9-3-1)27-19-12-10-16(11-13-19)21-20-14-23-15-24-22(20)26(25-21)17-6-4-5-7-17/h1-3,8-15,17H,4-7H2. The smallest absolute Gasteiger partial charge is 0.162 e. The zero-order valence-electron chi connectivity index (χ0n) is 15.0. The van der Waals surface area contributed by atoms with Gasteiger partial charge >= 0.3 is 0 Å². The monoisotopic (exact) mass is 356 g/mol. The van der Waals surface area contributed by atoms with Gasteiger partial charge in [0.05, 0.1) is 11.4 Å². The number of benzene rings is 2. The summed E-state index contributed by atoms with van der Waals surface area (Å²) in [6.45, 7) is 0. The number of para-hydroxylation sites is 1. The molecule has 5 heteroatoms. The Hall–Kier alpha value is -3.21. The van der Waals surface area contributed by atoms with Gasteiger partial charge in [-0.2, -0.15) is 5.10 Å². The van der Waals surface area contributed by atoms with E-state index in [-0.39, 0.29) is 0 Å². The van der Waals surface area contributed by atoms with Gasteiger partial charge in [0.15, 0.2) is 5.65 Å². The highest BCUT2D eigenvalue weighted by Crippen LogP contribution is 2.35. The van der Waals surface area contributed by atoms with Crippen molar-refractivity contribution in [1.82, 2.24) is 19.7 Å². The van der Waals surface area contributed by atoms with Gasteiger partial charge in [-0.05, 0) is 49.2 Å². The van der Waals surface area contributed by atoms with Crippen LogP contribution in [0.3, 0.4) is 0 Å². The number of nitrogens with zero attached hydrogens (tertiary/aromatic N) is 4. The lowest BCUT2D eigenvalue weighted by Crippen LogP contribution is -2.07. The Bertz CT molecular complexity index is 1050. The largest absolute Gasteiger partial charge is 0.457 e. The highest BCUT2D eigenvalue weighted by atomic mass is 16.5. The highest BCUT2D eigenvalue weighted by molar-refractivity contribution is 5.90. The lowest BCUT2D eigenvalue weighted by atomic mass is 10.1. The van der Waals surface area contributed by atoms with Crippen LogP contribution in [0.15, 0.2) is 67.1 Å². The predicted molar refractivity (Wildman–Crippen MR) is 105 cm³/mol. The molecule has 1 aliphatic rings. The number of fused-ring (bicyclic) bond motifs is 1. The third kappa shape index (κ3) is 3.05. The van der Waals surface area contributed by atoms with E-state index in [0.29, 0.717) is 6.04 Å². The van der Waals surface area contributed by atoms with E-state index >= 15 is 0 Å². The van der Waals surface area contributed by atoms with Gasteiger partial charge in [0, 0.05) is 11.8 Å². The molecule has 2 heterocycles. The molecular formula is C22H20N4O. The van der Waals surface area contributed by atoms with Crippen molar-refractivity contribution in [2.75, 3.05) is 0 Å². The van der Waals surface area contributed by atoms with Crippen molar-refractivity contribution in [3.8, 4) is 22.8 Å². The van der Waals surface area contributed by atoms with Crippen LogP contribution in [0, 0.1) is 0 Å². The van der Waals surface area contributed by atoms with Gasteiger partial charge < -0.3 is 4.74 Å². The number of ether oxygens (including phenoxy) is 1. The Morgan fingerprint density at radius 1 is 0.889 bits per heavy atom. The summed E-state index contributed by atoms with van der Waals surface area (Å²) in [4.78, 5) is 8.73. The Morgan fingerprint density at radius 3 is 2.41 bits per heavy atom. The first-order chi connectivity index (χ1) is 13.4. The average molecular weight is 356 g/mol. The van der Waals surface area contributed by atoms with Gasteiger partial charge in [-0.25, -0.2) is 14.6 Å². The zero-order chi connectivity index (χ0) is 18.1. The maximum absolute atomic E-state index is 5.89. The third-order valence-electron chi connectivity index (χ3n) is 5.15. The van der Waals surface area contributed by atoms with E-state index in [1.165, 1.54) is 25.7 Å². The van der Waals surface area contributed by atoms with Crippen LogP contribution < -0.4 is 4.74 Å². The van der Waals surface area contributed by atoms with Crippen LogP contribution in [-0.4, -0.2) is 19.7 Å². The van der Waals surface area contributed by atoms with Crippen molar-refractivity contribution < 1.29 is 4.74 Å². The van der Waals surface area contributed by atoms with Crippen LogP contribution in [-0.2, 0) is 0 Å². The summed E-state index contributed by atoms with van der Waals surface area (Å²) >= 11 is 0. The summed E-state index contributed by atoms with van der Waals surface area (Å²) in [7, 11) is 0. The highest BCUT2D eigenvalue weighted by Gasteiger charge is 2.23. The van der Waals surface area contributed by atoms with E-state index in [4.69, 9.17) is 9.84 Å². The Morgan fingerprint density at radius 2 is 1.63 bits per heavy atom. The summed E-state index contributed by atoms with van der Waals surface area (Å²) in [5.74, 6) is 1.63. The molecule has 0 radical (unpaired) electrons. The second-order valence-electron chi connectivity index (χ2n) is 6.93. The van der Waals surface area contributed by atoms with E-state index in [9.17, 15) is 0 Å². The fourth-order valence-electron chi connectivity index (χ4n) is 3.80. The van der Waals surface area contributed by atoms with Crippen LogP contribution in [0.4, 0.5) is 0 Å². The number of hydrogen-bond acceptors (Lipinski definition) is 4. The molecule has 0 atom stereocenters. The molecule has 0 bridgehead atoms. The third-order valence-corrected chi connectivity index (χ3v) is 5.15. The van der Waals surface area contributed by atoms with E-state index in [0.717, 1.165) is 33.8 Å². The molecule has 1 saturated carbocycles. The molecule has 1 aliphatic carbocycles. The molecule has 2 aromatic carbocycles. The molecule has 0 N–H and O–H groups in total. The lowest BCUT2D eigenvalue weighted by Gasteiger charge is -2.10. The zero-order valence-corrected chi connectivity index (χ0v) is 15.0. The van der Waals surface area contributed by atoms with Crippen molar-refractivity contribution in [3.05, 3.63) is 67.1 Å². The van der Waals surface area contributed by atoms with Gasteiger partial charge in [0.1, 0.15) is 23.5 Å². The van der Waals surface area contributed by atoms with Gasteiger partial charge in [-0.1, -0.05) is 31.0 Å². The molecule has 0 spiro atoms. The molecule has 0 saturated heterocycles. The maximum Gasteiger partial charge on any atom is 0.162 e. The molecule has 5 nitrogen and oxygen atoms in total. The van der Waals surface area contributed by atoms with Crippen molar-refractivity contribution in [2.24, 2.45) is 0 Å². The SMILES string of the molecule is c1ccc(Oc2ccc(-c3nn(C4CCCC4)c4ncncc34)cc2)cc1. The number of hydrogen-bond donors (Lipinski definition) is 0. The molecule has 0 aliphatic heterocycles. The molecule has 134 valence electrons. The van der Waals surface area contributed by atoms with Crippen molar-refractivity contribution >= 4 is 11.0 Å². The van der Waals surface area contributed by atoms with Crippen molar-refractivity contribution in [3.63, 3.8) is 0 Å². The van der Waals surface area contributed by atoms with Crippen LogP contribution in [0.5, 0.6) is 11.5 Å². The summed E-state index contributed by atoms with van der Waals surface area (Å²) in [6.07, 6.45) is 8.34. The topological polar surface area (TPSA) is 52.8 Å². The van der Waals surface area contributed by atoms with Crippen LogP contribution in [0.2, 0.25) is 0 Å². The predicted octanol–water partition coefficient (Wildman–Crippen LogP) is 5.40.